The van der Waals surface area contributed by atoms with Crippen molar-refractivity contribution < 1.29 is 13.3 Å². The third-order valence-corrected chi connectivity index (χ3v) is 8.61. The van der Waals surface area contributed by atoms with Crippen LogP contribution in [-0.2, 0) is 10.0 Å². The summed E-state index contributed by atoms with van der Waals surface area (Å²) in [5.74, 6) is 0.986. The lowest BCUT2D eigenvalue weighted by Gasteiger charge is -2.40. The Bertz CT molecular complexity index is 907. The van der Waals surface area contributed by atoms with Crippen molar-refractivity contribution in [3.63, 3.8) is 0 Å². The second-order valence-electron chi connectivity index (χ2n) is 10.0. The lowest BCUT2D eigenvalue weighted by atomic mass is 9.88. The van der Waals surface area contributed by atoms with E-state index in [9.17, 15) is 18.5 Å². The molecule has 1 aromatic rings. The van der Waals surface area contributed by atoms with Gasteiger partial charge in [-0.05, 0) is 56.7 Å². The van der Waals surface area contributed by atoms with Crippen LogP contribution in [0.15, 0.2) is 23.1 Å². The zero-order chi connectivity index (χ0) is 24.2. The van der Waals surface area contributed by atoms with E-state index in [1.165, 1.54) is 18.2 Å². The van der Waals surface area contributed by atoms with Gasteiger partial charge < -0.3 is 10.2 Å². The summed E-state index contributed by atoms with van der Waals surface area (Å²) in [6, 6.07) is 4.28. The predicted molar refractivity (Wildman–Crippen MR) is 131 cm³/mol. The SMILES string of the molecule is CC1CCC(NS(=O)(=O)c2ccc(NC[C@@H](C(C)C)N3CCN(C)CC3)c([N+](=O)[O-])c2)CC1. The topological polar surface area (TPSA) is 108 Å². The van der Waals surface area contributed by atoms with Gasteiger partial charge in [-0.1, -0.05) is 20.8 Å². The van der Waals surface area contributed by atoms with Gasteiger partial charge in [0, 0.05) is 50.9 Å². The van der Waals surface area contributed by atoms with Crippen LogP contribution in [0.3, 0.4) is 0 Å². The predicted octanol–water partition coefficient (Wildman–Crippen LogP) is 3.14. The number of piperazine rings is 1. The fraction of sp³-hybridized carbons (Fsp3) is 0.739. The zero-order valence-corrected chi connectivity index (χ0v) is 21.1. The minimum absolute atomic E-state index is 0.0575. The van der Waals surface area contributed by atoms with E-state index in [4.69, 9.17) is 0 Å². The summed E-state index contributed by atoms with van der Waals surface area (Å²) in [4.78, 5) is 15.9. The second kappa shape index (κ2) is 11.1. The molecule has 0 radical (unpaired) electrons. The van der Waals surface area contributed by atoms with Gasteiger partial charge in [0.15, 0.2) is 0 Å². The van der Waals surface area contributed by atoms with E-state index < -0.39 is 14.9 Å². The van der Waals surface area contributed by atoms with Crippen LogP contribution in [0.1, 0.15) is 46.5 Å². The van der Waals surface area contributed by atoms with Crippen molar-refractivity contribution in [3.8, 4) is 0 Å². The molecular formula is C23H39N5O4S. The molecule has 0 aromatic heterocycles. The summed E-state index contributed by atoms with van der Waals surface area (Å²) in [5.41, 5.74) is 0.140. The molecule has 1 saturated heterocycles. The highest BCUT2D eigenvalue weighted by atomic mass is 32.2. The van der Waals surface area contributed by atoms with Crippen molar-refractivity contribution in [2.24, 2.45) is 11.8 Å². The third kappa shape index (κ3) is 6.88. The Morgan fingerprint density at radius 1 is 1.12 bits per heavy atom. The van der Waals surface area contributed by atoms with Crippen molar-refractivity contribution in [3.05, 3.63) is 28.3 Å². The van der Waals surface area contributed by atoms with Gasteiger partial charge in [-0.2, -0.15) is 0 Å². The molecule has 186 valence electrons. The van der Waals surface area contributed by atoms with Crippen molar-refractivity contribution in [2.45, 2.75) is 63.4 Å². The van der Waals surface area contributed by atoms with Gasteiger partial charge in [0.25, 0.3) is 5.69 Å². The molecule has 0 spiro atoms. The number of sulfonamides is 1. The first kappa shape index (κ1) is 25.9. The van der Waals surface area contributed by atoms with E-state index in [-0.39, 0.29) is 22.7 Å². The van der Waals surface area contributed by atoms with Crippen LogP contribution in [0.5, 0.6) is 0 Å². The normalized spacial score (nSPS) is 24.0. The Morgan fingerprint density at radius 2 is 1.76 bits per heavy atom. The molecule has 2 aliphatic rings. The first-order valence-electron chi connectivity index (χ1n) is 12.0. The van der Waals surface area contributed by atoms with Crippen molar-refractivity contribution in [1.29, 1.82) is 0 Å². The van der Waals surface area contributed by atoms with E-state index in [0.29, 0.717) is 24.1 Å². The smallest absolute Gasteiger partial charge is 0.293 e. The van der Waals surface area contributed by atoms with Gasteiger partial charge in [0.05, 0.1) is 9.82 Å². The van der Waals surface area contributed by atoms with Crippen LogP contribution in [0.4, 0.5) is 11.4 Å². The van der Waals surface area contributed by atoms with Crippen LogP contribution in [0.25, 0.3) is 0 Å². The standard InChI is InChI=1S/C23H39N5O4S/c1-17(2)23(27-13-11-26(4)12-14-27)16-24-21-10-9-20(15-22(21)28(29)30)33(31,32)25-19-7-5-18(3)6-8-19/h9-10,15,17-19,23-25H,5-8,11-14,16H2,1-4H3/t18?,19?,23-/m0/s1. The van der Waals surface area contributed by atoms with Crippen LogP contribution in [-0.4, -0.2) is 75.0 Å². The van der Waals surface area contributed by atoms with E-state index in [2.05, 4.69) is 47.7 Å². The molecule has 1 atom stereocenters. The average Bonchev–Trinajstić information content (AvgIpc) is 2.76. The quantitative estimate of drug-likeness (QED) is 0.412. The molecule has 2 fully saturated rings. The first-order valence-corrected chi connectivity index (χ1v) is 13.5. The molecule has 0 bridgehead atoms. The van der Waals surface area contributed by atoms with Crippen molar-refractivity contribution in [1.82, 2.24) is 14.5 Å². The molecule has 1 aliphatic carbocycles. The van der Waals surface area contributed by atoms with E-state index in [0.717, 1.165) is 51.9 Å². The molecule has 0 amide bonds. The lowest BCUT2D eigenvalue weighted by molar-refractivity contribution is -0.384. The number of anilines is 1. The van der Waals surface area contributed by atoms with E-state index in [1.54, 1.807) is 0 Å². The number of benzene rings is 1. The number of hydrogen-bond donors (Lipinski definition) is 2. The van der Waals surface area contributed by atoms with Gasteiger partial charge in [0.2, 0.25) is 10.0 Å². The van der Waals surface area contributed by atoms with Crippen molar-refractivity contribution >= 4 is 21.4 Å². The molecule has 2 N–H and O–H groups in total. The van der Waals surface area contributed by atoms with Crippen LogP contribution < -0.4 is 10.0 Å². The molecule has 1 heterocycles. The molecule has 1 aliphatic heterocycles. The van der Waals surface area contributed by atoms with Gasteiger partial charge in [-0.3, -0.25) is 15.0 Å². The van der Waals surface area contributed by atoms with Gasteiger partial charge in [-0.25, -0.2) is 13.1 Å². The molecule has 9 nitrogen and oxygen atoms in total. The van der Waals surface area contributed by atoms with E-state index in [1.807, 2.05) is 0 Å². The highest BCUT2D eigenvalue weighted by Crippen LogP contribution is 2.30. The van der Waals surface area contributed by atoms with E-state index >= 15 is 0 Å². The maximum Gasteiger partial charge on any atom is 0.293 e. The fourth-order valence-corrected chi connectivity index (χ4v) is 6.12. The van der Waals surface area contributed by atoms with Crippen LogP contribution in [0, 0.1) is 22.0 Å². The Kier molecular flexibility index (Phi) is 8.71. The summed E-state index contributed by atoms with van der Waals surface area (Å²) in [6.45, 7) is 11.0. The fourth-order valence-electron chi connectivity index (χ4n) is 4.80. The second-order valence-corrected chi connectivity index (χ2v) is 11.8. The minimum Gasteiger partial charge on any atom is -0.378 e. The highest BCUT2D eigenvalue weighted by molar-refractivity contribution is 7.89. The van der Waals surface area contributed by atoms with Crippen LogP contribution >= 0.6 is 0 Å². The summed E-state index contributed by atoms with van der Waals surface area (Å²) < 4.78 is 28.5. The first-order chi connectivity index (χ1) is 15.6. The molecule has 1 aromatic carbocycles. The molecule has 1 saturated carbocycles. The molecule has 0 unspecified atom stereocenters. The van der Waals surface area contributed by atoms with Gasteiger partial charge in [-0.15, -0.1) is 0 Å². The number of likely N-dealkylation sites (N-methyl/N-ethyl adjacent to an activating group) is 1. The summed E-state index contributed by atoms with van der Waals surface area (Å²) in [6.07, 6.45) is 3.57. The summed E-state index contributed by atoms with van der Waals surface area (Å²) in [5, 5.41) is 15.0. The lowest BCUT2D eigenvalue weighted by Crippen LogP contribution is -2.52. The van der Waals surface area contributed by atoms with Crippen molar-refractivity contribution in [2.75, 3.05) is 45.1 Å². The largest absolute Gasteiger partial charge is 0.378 e. The average molecular weight is 482 g/mol. The Morgan fingerprint density at radius 3 is 2.33 bits per heavy atom. The number of nitrogens with one attached hydrogen (secondary N) is 2. The zero-order valence-electron chi connectivity index (χ0n) is 20.3. The maximum absolute atomic E-state index is 12.9. The molecule has 3 rings (SSSR count). The number of nitrogens with zero attached hydrogens (tertiary/aromatic N) is 3. The number of nitro benzene ring substituents is 1. The highest BCUT2D eigenvalue weighted by Gasteiger charge is 2.28. The molecule has 33 heavy (non-hydrogen) atoms. The Balaban J connectivity index is 1.72. The Hall–Kier alpha value is -1.75. The van der Waals surface area contributed by atoms with Gasteiger partial charge >= 0.3 is 0 Å². The summed E-state index contributed by atoms with van der Waals surface area (Å²) in [7, 11) is -1.70. The number of hydrogen-bond acceptors (Lipinski definition) is 7. The summed E-state index contributed by atoms with van der Waals surface area (Å²) >= 11 is 0. The van der Waals surface area contributed by atoms with Gasteiger partial charge in [0.1, 0.15) is 5.69 Å². The molecular weight excluding hydrogens is 442 g/mol. The third-order valence-electron chi connectivity index (χ3n) is 7.09. The maximum atomic E-state index is 12.9. The number of rotatable bonds is 9. The minimum atomic E-state index is -3.81. The van der Waals surface area contributed by atoms with Crippen LogP contribution in [0.2, 0.25) is 0 Å². The molecule has 10 heteroatoms. The number of nitro groups is 1. The Labute approximate surface area is 198 Å². The monoisotopic (exact) mass is 481 g/mol.